The minimum absolute atomic E-state index is 0.380. The molecule has 0 amide bonds. The van der Waals surface area contributed by atoms with Crippen molar-refractivity contribution in [2.75, 3.05) is 26.2 Å². The lowest BCUT2D eigenvalue weighted by Crippen LogP contribution is -2.20. The largest absolute Gasteiger partial charge is 0.494 e. The summed E-state index contributed by atoms with van der Waals surface area (Å²) in [5.41, 5.74) is 9.84. The molecule has 0 bridgehead atoms. The molecule has 0 saturated carbocycles. The van der Waals surface area contributed by atoms with E-state index in [1.807, 2.05) is 23.7 Å². The molecule has 1 aliphatic rings. The van der Waals surface area contributed by atoms with E-state index in [9.17, 15) is 0 Å². The quantitative estimate of drug-likeness (QED) is 0.690. The van der Waals surface area contributed by atoms with E-state index in [2.05, 4.69) is 27.0 Å². The van der Waals surface area contributed by atoms with Crippen molar-refractivity contribution in [3.8, 4) is 5.75 Å². The minimum Gasteiger partial charge on any atom is -0.494 e. The second-order valence-corrected chi connectivity index (χ2v) is 6.92. The first-order chi connectivity index (χ1) is 13.3. The second kappa shape index (κ2) is 8.02. The Kier molecular flexibility index (Phi) is 5.31. The molecule has 1 aromatic carbocycles. The Hall–Kier alpha value is -2.51. The molecule has 4 rings (SSSR count). The van der Waals surface area contributed by atoms with Crippen molar-refractivity contribution in [2.45, 2.75) is 32.4 Å². The maximum absolute atomic E-state index is 5.73. The van der Waals surface area contributed by atoms with Gasteiger partial charge >= 0.3 is 0 Å². The first kappa shape index (κ1) is 17.9. The number of fused-ring (bicyclic) bond motifs is 1. The van der Waals surface area contributed by atoms with Crippen LogP contribution in [-0.4, -0.2) is 50.9 Å². The van der Waals surface area contributed by atoms with Crippen LogP contribution in [0.5, 0.6) is 5.75 Å². The zero-order valence-electron chi connectivity index (χ0n) is 15.7. The van der Waals surface area contributed by atoms with Gasteiger partial charge in [-0.2, -0.15) is 5.10 Å². The summed E-state index contributed by atoms with van der Waals surface area (Å²) in [6.07, 6.45) is 4.54. The Labute approximate surface area is 159 Å². The standard InChI is InChI=1S/C20H26N6O/c1-2-27-17-5-3-15(4-6-17)13-25-11-7-16(14-25)18-19-20(23-10-9-22-19)26(24-18)12-8-21/h3-6,9-10,16H,2,7-8,11-14,21H2,1H3/t16-/m1/s1. The molecule has 0 aliphatic carbocycles. The van der Waals surface area contributed by atoms with Gasteiger partial charge in [0, 0.05) is 37.9 Å². The maximum atomic E-state index is 5.73. The number of nitrogens with zero attached hydrogens (tertiary/aromatic N) is 5. The molecule has 3 heterocycles. The van der Waals surface area contributed by atoms with Crippen molar-refractivity contribution >= 4 is 11.2 Å². The Balaban J connectivity index is 1.47. The lowest BCUT2D eigenvalue weighted by atomic mass is 10.0. The van der Waals surface area contributed by atoms with E-state index in [4.69, 9.17) is 15.6 Å². The monoisotopic (exact) mass is 366 g/mol. The van der Waals surface area contributed by atoms with Crippen LogP contribution in [0.25, 0.3) is 11.2 Å². The Morgan fingerprint density at radius 1 is 1.19 bits per heavy atom. The Morgan fingerprint density at radius 2 is 2.00 bits per heavy atom. The normalized spacial score (nSPS) is 17.6. The number of ether oxygens (including phenoxy) is 1. The first-order valence-corrected chi connectivity index (χ1v) is 9.60. The van der Waals surface area contributed by atoms with Crippen LogP contribution in [0.15, 0.2) is 36.7 Å². The summed E-state index contributed by atoms with van der Waals surface area (Å²) < 4.78 is 7.42. The topological polar surface area (TPSA) is 82.1 Å². The molecule has 1 fully saturated rings. The van der Waals surface area contributed by atoms with E-state index in [0.717, 1.165) is 48.7 Å². The summed E-state index contributed by atoms with van der Waals surface area (Å²) >= 11 is 0. The van der Waals surface area contributed by atoms with Gasteiger partial charge in [-0.05, 0) is 37.6 Å². The highest BCUT2D eigenvalue weighted by Gasteiger charge is 2.29. The smallest absolute Gasteiger partial charge is 0.177 e. The van der Waals surface area contributed by atoms with Crippen LogP contribution in [-0.2, 0) is 13.1 Å². The van der Waals surface area contributed by atoms with Gasteiger partial charge in [-0.1, -0.05) is 12.1 Å². The molecular formula is C20H26N6O. The minimum atomic E-state index is 0.380. The predicted octanol–water partition coefficient (Wildman–Crippen LogP) is 2.17. The number of aromatic nitrogens is 4. The average molecular weight is 366 g/mol. The molecule has 1 aliphatic heterocycles. The van der Waals surface area contributed by atoms with Gasteiger partial charge in [-0.15, -0.1) is 0 Å². The van der Waals surface area contributed by atoms with Crippen molar-refractivity contribution in [1.82, 2.24) is 24.6 Å². The van der Waals surface area contributed by atoms with Gasteiger partial charge in [0.25, 0.3) is 0 Å². The average Bonchev–Trinajstić information content (AvgIpc) is 3.29. The molecule has 1 atom stereocenters. The number of nitrogens with two attached hydrogens (primary N) is 1. The fraction of sp³-hybridized carbons (Fsp3) is 0.450. The van der Waals surface area contributed by atoms with E-state index >= 15 is 0 Å². The van der Waals surface area contributed by atoms with Crippen LogP contribution >= 0.6 is 0 Å². The third-order valence-corrected chi connectivity index (χ3v) is 5.03. The lowest BCUT2D eigenvalue weighted by Gasteiger charge is -2.16. The molecule has 1 saturated heterocycles. The number of hydrogen-bond donors (Lipinski definition) is 1. The highest BCUT2D eigenvalue weighted by Crippen LogP contribution is 2.31. The molecule has 0 radical (unpaired) electrons. The third-order valence-electron chi connectivity index (χ3n) is 5.03. The summed E-state index contributed by atoms with van der Waals surface area (Å²) in [6.45, 7) is 6.89. The zero-order chi connectivity index (χ0) is 18.6. The molecule has 0 spiro atoms. The Morgan fingerprint density at radius 3 is 2.78 bits per heavy atom. The van der Waals surface area contributed by atoms with E-state index in [-0.39, 0.29) is 0 Å². The van der Waals surface area contributed by atoms with E-state index in [1.165, 1.54) is 5.56 Å². The van der Waals surface area contributed by atoms with Crippen LogP contribution in [0.4, 0.5) is 0 Å². The highest BCUT2D eigenvalue weighted by molar-refractivity contribution is 5.73. The van der Waals surface area contributed by atoms with Crippen molar-refractivity contribution in [3.05, 3.63) is 47.9 Å². The summed E-state index contributed by atoms with van der Waals surface area (Å²) in [5.74, 6) is 1.31. The Bertz CT molecular complexity index is 891. The lowest BCUT2D eigenvalue weighted by molar-refractivity contribution is 0.324. The highest BCUT2D eigenvalue weighted by atomic mass is 16.5. The molecule has 7 nitrogen and oxygen atoms in total. The summed E-state index contributed by atoms with van der Waals surface area (Å²) in [5, 5.41) is 4.80. The molecule has 7 heteroatoms. The van der Waals surface area contributed by atoms with E-state index in [0.29, 0.717) is 25.6 Å². The van der Waals surface area contributed by atoms with E-state index < -0.39 is 0 Å². The van der Waals surface area contributed by atoms with Gasteiger partial charge in [0.1, 0.15) is 11.3 Å². The van der Waals surface area contributed by atoms with Crippen LogP contribution in [0, 0.1) is 0 Å². The molecule has 27 heavy (non-hydrogen) atoms. The fourth-order valence-corrected chi connectivity index (χ4v) is 3.79. The molecule has 2 N–H and O–H groups in total. The predicted molar refractivity (Wildman–Crippen MR) is 105 cm³/mol. The number of hydrogen-bond acceptors (Lipinski definition) is 6. The third kappa shape index (κ3) is 3.79. The fourth-order valence-electron chi connectivity index (χ4n) is 3.79. The zero-order valence-corrected chi connectivity index (χ0v) is 15.7. The number of benzene rings is 1. The summed E-state index contributed by atoms with van der Waals surface area (Å²) in [4.78, 5) is 11.5. The van der Waals surface area contributed by atoms with Crippen LogP contribution in [0.2, 0.25) is 0 Å². The molecular weight excluding hydrogens is 340 g/mol. The summed E-state index contributed by atoms with van der Waals surface area (Å²) in [7, 11) is 0. The number of rotatable bonds is 7. The first-order valence-electron chi connectivity index (χ1n) is 9.60. The van der Waals surface area contributed by atoms with Gasteiger partial charge in [-0.25, -0.2) is 14.6 Å². The van der Waals surface area contributed by atoms with Crippen LogP contribution in [0.3, 0.4) is 0 Å². The van der Waals surface area contributed by atoms with Crippen molar-refractivity contribution in [3.63, 3.8) is 0 Å². The van der Waals surface area contributed by atoms with Gasteiger partial charge in [0.05, 0.1) is 18.8 Å². The van der Waals surface area contributed by atoms with Crippen molar-refractivity contribution in [2.24, 2.45) is 5.73 Å². The van der Waals surface area contributed by atoms with Gasteiger partial charge in [0.15, 0.2) is 5.65 Å². The van der Waals surface area contributed by atoms with Crippen molar-refractivity contribution in [1.29, 1.82) is 0 Å². The SMILES string of the molecule is CCOc1ccc(CN2CC[C@@H](c3nn(CCN)c4nccnc34)C2)cc1. The van der Waals surface area contributed by atoms with Gasteiger partial charge in [0.2, 0.25) is 0 Å². The van der Waals surface area contributed by atoms with Gasteiger partial charge in [-0.3, -0.25) is 4.90 Å². The van der Waals surface area contributed by atoms with Crippen molar-refractivity contribution < 1.29 is 4.74 Å². The molecule has 142 valence electrons. The summed E-state index contributed by atoms with van der Waals surface area (Å²) in [6, 6.07) is 8.39. The molecule has 0 unspecified atom stereocenters. The molecule has 2 aromatic heterocycles. The van der Waals surface area contributed by atoms with Gasteiger partial charge < -0.3 is 10.5 Å². The molecule has 3 aromatic rings. The maximum Gasteiger partial charge on any atom is 0.177 e. The van der Waals surface area contributed by atoms with E-state index in [1.54, 1.807) is 12.4 Å². The second-order valence-electron chi connectivity index (χ2n) is 6.92. The number of likely N-dealkylation sites (tertiary alicyclic amines) is 1. The van der Waals surface area contributed by atoms with Crippen LogP contribution in [0.1, 0.15) is 30.5 Å². The van der Waals surface area contributed by atoms with Crippen LogP contribution < -0.4 is 10.5 Å².